The maximum atomic E-state index is 13.4. The van der Waals surface area contributed by atoms with Crippen molar-refractivity contribution < 1.29 is 45.0 Å². The quantitative estimate of drug-likeness (QED) is 0.236. The summed E-state index contributed by atoms with van der Waals surface area (Å²) in [7, 11) is 0. The van der Waals surface area contributed by atoms with Crippen LogP contribution in [0.3, 0.4) is 0 Å². The molecule has 0 radical (unpaired) electrons. The summed E-state index contributed by atoms with van der Waals surface area (Å²) < 4.78 is 97.9. The van der Waals surface area contributed by atoms with Gasteiger partial charge in [0.05, 0.1) is 24.3 Å². The van der Waals surface area contributed by atoms with Crippen molar-refractivity contribution in [3.63, 3.8) is 0 Å². The first-order valence-electron chi connectivity index (χ1n) is 10.9. The molecule has 0 fully saturated rings. The molecule has 3 rings (SSSR count). The van der Waals surface area contributed by atoms with Crippen LogP contribution in [0.2, 0.25) is 0 Å². The molecule has 1 unspecified atom stereocenters. The molecule has 1 heterocycles. The van der Waals surface area contributed by atoms with E-state index in [0.717, 1.165) is 12.1 Å². The van der Waals surface area contributed by atoms with E-state index in [9.17, 15) is 40.7 Å². The first-order chi connectivity index (χ1) is 17.3. The fourth-order valence-electron chi connectivity index (χ4n) is 3.49. The van der Waals surface area contributed by atoms with Crippen LogP contribution in [0.1, 0.15) is 33.9 Å². The Hall–Kier alpha value is -3.67. The topological polar surface area (TPSA) is 65.3 Å². The van der Waals surface area contributed by atoms with Gasteiger partial charge in [0.1, 0.15) is 12.2 Å². The molecule has 1 atom stereocenters. The van der Waals surface area contributed by atoms with Crippen molar-refractivity contribution in [2.24, 2.45) is 0 Å². The minimum atomic E-state index is -4.99. The molecule has 37 heavy (non-hydrogen) atoms. The van der Waals surface area contributed by atoms with Gasteiger partial charge in [-0.15, -0.1) is 0 Å². The number of amides is 1. The van der Waals surface area contributed by atoms with Gasteiger partial charge in [0.25, 0.3) is 0 Å². The van der Waals surface area contributed by atoms with Crippen molar-refractivity contribution in [2.45, 2.75) is 31.3 Å². The maximum absolute atomic E-state index is 13.4. The van der Waals surface area contributed by atoms with Crippen LogP contribution in [0.25, 0.3) is 0 Å². The lowest BCUT2D eigenvalue weighted by Gasteiger charge is -2.19. The highest BCUT2D eigenvalue weighted by atomic mass is 19.4. The van der Waals surface area contributed by atoms with Crippen LogP contribution < -0.4 is 10.0 Å². The molecule has 12 heteroatoms. The molecule has 1 amide bonds. The number of carbonyl (C=O) groups excluding carboxylic acids is 1. The van der Waals surface area contributed by atoms with E-state index in [0.29, 0.717) is 22.4 Å². The van der Waals surface area contributed by atoms with E-state index >= 15 is 0 Å². The zero-order valence-electron chi connectivity index (χ0n) is 19.1. The van der Waals surface area contributed by atoms with E-state index in [1.807, 2.05) is 0 Å². The van der Waals surface area contributed by atoms with Crippen LogP contribution >= 0.6 is 0 Å². The highest BCUT2D eigenvalue weighted by Gasteiger charge is 2.36. The van der Waals surface area contributed by atoms with Gasteiger partial charge in [-0.2, -0.15) is 31.1 Å². The summed E-state index contributed by atoms with van der Waals surface area (Å²) in [5.74, 6) is -1.65. The molecular formula is C25H21F7N2O3. The van der Waals surface area contributed by atoms with Crippen molar-refractivity contribution in [1.29, 1.82) is 0 Å². The molecule has 0 aliphatic carbocycles. The van der Waals surface area contributed by atoms with E-state index in [1.54, 1.807) is 6.07 Å². The molecule has 198 valence electrons. The summed E-state index contributed by atoms with van der Waals surface area (Å²) in [5, 5.41) is 14.4. The second kappa shape index (κ2) is 11.6. The van der Waals surface area contributed by atoms with Crippen LogP contribution in [-0.2, 0) is 34.9 Å². The lowest BCUT2D eigenvalue weighted by molar-refractivity contribution is -0.613. The second-order valence-electron chi connectivity index (χ2n) is 8.18. The Kier molecular flexibility index (Phi) is 8.74. The second-order valence-corrected chi connectivity index (χ2v) is 8.18. The standard InChI is InChI=1S/C25H21F7N2O3/c26-21-6-4-17(5-7-21)18(13-33-23(35)12-22-3-1-2-8-34(22)36)15-37-14-16-9-19(24(27,28)29)11-20(10-16)25(30,31)32/h1-11,18H,12-15H2,(H,33,35). The van der Waals surface area contributed by atoms with E-state index in [2.05, 4.69) is 5.32 Å². The Morgan fingerprint density at radius 3 is 2.14 bits per heavy atom. The third-order valence-corrected chi connectivity index (χ3v) is 5.37. The van der Waals surface area contributed by atoms with E-state index in [4.69, 9.17) is 4.74 Å². The number of hydrogen-bond donors (Lipinski definition) is 1. The number of nitrogens with zero attached hydrogens (tertiary/aromatic N) is 1. The highest BCUT2D eigenvalue weighted by Crippen LogP contribution is 2.36. The maximum Gasteiger partial charge on any atom is 0.416 e. The molecule has 0 saturated carbocycles. The van der Waals surface area contributed by atoms with Gasteiger partial charge >= 0.3 is 12.4 Å². The van der Waals surface area contributed by atoms with Crippen LogP contribution in [0.4, 0.5) is 30.7 Å². The fourth-order valence-corrected chi connectivity index (χ4v) is 3.49. The van der Waals surface area contributed by atoms with Gasteiger partial charge in [-0.3, -0.25) is 4.79 Å². The Balaban J connectivity index is 1.71. The van der Waals surface area contributed by atoms with E-state index < -0.39 is 47.7 Å². The number of benzene rings is 2. The first kappa shape index (κ1) is 27.9. The molecule has 0 bridgehead atoms. The third-order valence-electron chi connectivity index (χ3n) is 5.37. The minimum absolute atomic E-state index is 0.0265. The Bertz CT molecular complexity index is 1180. The Morgan fingerprint density at radius 2 is 1.57 bits per heavy atom. The van der Waals surface area contributed by atoms with Gasteiger partial charge in [-0.05, 0) is 47.5 Å². The largest absolute Gasteiger partial charge is 0.618 e. The first-order valence-corrected chi connectivity index (χ1v) is 10.9. The van der Waals surface area contributed by atoms with Crippen LogP contribution in [0.5, 0.6) is 0 Å². The number of alkyl halides is 6. The molecule has 0 aliphatic heterocycles. The Labute approximate surface area is 207 Å². The van der Waals surface area contributed by atoms with Crippen LogP contribution in [0.15, 0.2) is 66.9 Å². The number of carbonyl (C=O) groups is 1. The number of pyridine rings is 1. The molecule has 1 N–H and O–H groups in total. The molecule has 2 aromatic carbocycles. The van der Waals surface area contributed by atoms with E-state index in [-0.39, 0.29) is 36.9 Å². The van der Waals surface area contributed by atoms with E-state index in [1.165, 1.54) is 30.5 Å². The summed E-state index contributed by atoms with van der Waals surface area (Å²) in [6, 6.07) is 10.9. The average molecular weight is 530 g/mol. The zero-order valence-corrected chi connectivity index (χ0v) is 19.1. The van der Waals surface area contributed by atoms with Crippen LogP contribution in [-0.4, -0.2) is 19.1 Å². The van der Waals surface area contributed by atoms with Crippen molar-refractivity contribution in [2.75, 3.05) is 13.2 Å². The molecule has 1 aromatic heterocycles. The highest BCUT2D eigenvalue weighted by molar-refractivity contribution is 5.77. The third kappa shape index (κ3) is 8.17. The van der Waals surface area contributed by atoms with Gasteiger partial charge in [0, 0.05) is 24.6 Å². The number of aromatic nitrogens is 1. The summed E-state index contributed by atoms with van der Waals surface area (Å²) in [5.41, 5.74) is -2.55. The van der Waals surface area contributed by atoms with Crippen molar-refractivity contribution >= 4 is 5.91 Å². The number of nitrogens with one attached hydrogen (secondary N) is 1. The van der Waals surface area contributed by atoms with Gasteiger partial charge < -0.3 is 15.3 Å². The van der Waals surface area contributed by atoms with Crippen molar-refractivity contribution in [3.05, 3.63) is 106 Å². The normalized spacial score (nSPS) is 12.8. The number of rotatable bonds is 9. The predicted octanol–water partition coefficient (Wildman–Crippen LogP) is 5.16. The summed E-state index contributed by atoms with van der Waals surface area (Å²) in [6.07, 6.45) is -8.97. The minimum Gasteiger partial charge on any atom is -0.618 e. The fraction of sp³-hybridized carbons (Fsp3) is 0.280. The molecule has 0 aliphatic rings. The summed E-state index contributed by atoms with van der Waals surface area (Å²) in [4.78, 5) is 12.3. The van der Waals surface area contributed by atoms with Gasteiger partial charge in [0.15, 0.2) is 6.20 Å². The number of ether oxygens (including phenoxy) is 1. The van der Waals surface area contributed by atoms with Gasteiger partial charge in [-0.1, -0.05) is 12.1 Å². The van der Waals surface area contributed by atoms with Crippen molar-refractivity contribution in [3.8, 4) is 0 Å². The zero-order chi connectivity index (χ0) is 27.2. The molecule has 3 aromatic rings. The van der Waals surface area contributed by atoms with Crippen LogP contribution in [0, 0.1) is 11.0 Å². The number of hydrogen-bond acceptors (Lipinski definition) is 3. The van der Waals surface area contributed by atoms with Crippen molar-refractivity contribution in [1.82, 2.24) is 5.32 Å². The lowest BCUT2D eigenvalue weighted by atomic mass is 9.99. The molecule has 5 nitrogen and oxygen atoms in total. The monoisotopic (exact) mass is 530 g/mol. The molecule has 0 saturated heterocycles. The lowest BCUT2D eigenvalue weighted by Crippen LogP contribution is -2.37. The predicted molar refractivity (Wildman–Crippen MR) is 117 cm³/mol. The summed E-state index contributed by atoms with van der Waals surface area (Å²) in [6.45, 7) is -0.832. The molecular weight excluding hydrogens is 509 g/mol. The Morgan fingerprint density at radius 1 is 0.946 bits per heavy atom. The average Bonchev–Trinajstić information content (AvgIpc) is 2.82. The number of halogens is 7. The van der Waals surface area contributed by atoms with Gasteiger partial charge in [0.2, 0.25) is 11.6 Å². The summed E-state index contributed by atoms with van der Waals surface area (Å²) >= 11 is 0. The molecule has 0 spiro atoms. The van der Waals surface area contributed by atoms with Gasteiger partial charge in [-0.25, -0.2) is 4.39 Å². The smallest absolute Gasteiger partial charge is 0.416 e. The SMILES string of the molecule is O=C(Cc1cccc[n+]1[O-])NCC(COCc1cc(C(F)(F)F)cc(C(F)(F)F)c1)c1ccc(F)cc1.